The quantitative estimate of drug-likeness (QED) is 0.276. The fraction of sp³-hybridized carbons (Fsp3) is 0.278. The van der Waals surface area contributed by atoms with E-state index in [1.54, 1.807) is 36.4 Å². The van der Waals surface area contributed by atoms with Gasteiger partial charge in [0.25, 0.3) is 0 Å². The molecule has 0 aromatic heterocycles. The molecule has 0 N–H and O–H groups in total. The van der Waals surface area contributed by atoms with Gasteiger partial charge in [-0.3, -0.25) is 0 Å². The first kappa shape index (κ1) is 20.4. The van der Waals surface area contributed by atoms with E-state index in [9.17, 15) is 21.6 Å². The van der Waals surface area contributed by atoms with Crippen LogP contribution in [-0.4, -0.2) is 42.1 Å². The molecule has 150 valence electrons. The van der Waals surface area contributed by atoms with Crippen LogP contribution in [0.25, 0.3) is 20.5 Å². The van der Waals surface area contributed by atoms with Crippen LogP contribution in [0, 0.1) is 0 Å². The van der Waals surface area contributed by atoms with Gasteiger partial charge >= 0.3 is 15.6 Å². The van der Waals surface area contributed by atoms with Crippen LogP contribution < -0.4 is 19.0 Å². The number of alkyl halides is 3. The molecule has 0 radical (unpaired) electrons. The minimum Gasteiger partial charge on any atom is -0.378 e. The highest BCUT2D eigenvalue weighted by Gasteiger charge is 2.49. The van der Waals surface area contributed by atoms with Crippen molar-refractivity contribution < 1.29 is 25.8 Å². The number of halogens is 3. The van der Waals surface area contributed by atoms with Crippen molar-refractivity contribution >= 4 is 37.2 Å². The molecule has 1 aromatic rings. The number of hydrogen-bond donors (Lipinski definition) is 0. The molecule has 0 amide bonds. The van der Waals surface area contributed by atoms with Gasteiger partial charge in [-0.1, -0.05) is 0 Å². The normalized spacial score (nSPS) is 12.4. The molecular formula is C18H18F3N2O3S2+. The molecule has 0 saturated heterocycles. The molecule has 1 heterocycles. The van der Waals surface area contributed by atoms with Gasteiger partial charge in [0.2, 0.25) is 5.36 Å². The van der Waals surface area contributed by atoms with Gasteiger partial charge in [0.05, 0.1) is 0 Å². The monoisotopic (exact) mass is 431 g/mol. The molecule has 0 fully saturated rings. The predicted molar refractivity (Wildman–Crippen MR) is 105 cm³/mol. The highest BCUT2D eigenvalue weighted by Crippen LogP contribution is 2.44. The predicted octanol–water partition coefficient (Wildman–Crippen LogP) is 3.33. The van der Waals surface area contributed by atoms with Crippen LogP contribution in [0.1, 0.15) is 0 Å². The fourth-order valence-electron chi connectivity index (χ4n) is 2.63. The molecule has 3 rings (SSSR count). The smallest absolute Gasteiger partial charge is 0.378 e. The van der Waals surface area contributed by atoms with Gasteiger partial charge in [-0.05, 0) is 24.3 Å². The third kappa shape index (κ3) is 3.66. The Bertz CT molecular complexity index is 1190. The Balaban J connectivity index is 2.39. The van der Waals surface area contributed by atoms with Crippen LogP contribution >= 0.6 is 11.3 Å². The average molecular weight is 431 g/mol. The van der Waals surface area contributed by atoms with Gasteiger partial charge in [-0.15, -0.1) is 11.3 Å². The molecule has 10 heteroatoms. The summed E-state index contributed by atoms with van der Waals surface area (Å²) in [6.45, 7) is 0. The number of fused-ring (bicyclic) bond motifs is 2. The molecule has 0 spiro atoms. The third-order valence-electron chi connectivity index (χ3n) is 4.15. The largest absolute Gasteiger partial charge is 0.534 e. The Morgan fingerprint density at radius 2 is 1.75 bits per heavy atom. The lowest BCUT2D eigenvalue weighted by molar-refractivity contribution is -0.0499. The van der Waals surface area contributed by atoms with E-state index in [4.69, 9.17) is 0 Å². The summed E-state index contributed by atoms with van der Waals surface area (Å²) in [5.41, 5.74) is -4.39. The lowest BCUT2D eigenvalue weighted by Gasteiger charge is -2.18. The molecule has 1 aliphatic heterocycles. The molecule has 28 heavy (non-hydrogen) atoms. The van der Waals surface area contributed by atoms with E-state index < -0.39 is 15.6 Å². The standard InChI is InChI=1S/C18H18F3N2O3S2/c1-22(2)11-5-7-13-15(9-11)27-16-10-12(23(3)4)6-8-14(16)17(13)26-28(24,25)18(19,20)21/h5-10H,1-4H3/q+1. The van der Waals surface area contributed by atoms with E-state index in [2.05, 4.69) is 4.18 Å². The fourth-order valence-corrected chi connectivity index (χ4v) is 4.26. The molecule has 0 atom stereocenters. The molecular weight excluding hydrogens is 413 g/mol. The maximum absolute atomic E-state index is 12.9. The Hall–Kier alpha value is -2.33. The second-order valence-electron chi connectivity index (χ2n) is 6.56. The molecule has 0 unspecified atom stereocenters. The van der Waals surface area contributed by atoms with Gasteiger partial charge in [0, 0.05) is 52.4 Å². The van der Waals surface area contributed by atoms with Crippen molar-refractivity contribution in [3.63, 3.8) is 0 Å². The van der Waals surface area contributed by atoms with Gasteiger partial charge < -0.3 is 9.08 Å². The zero-order chi connectivity index (χ0) is 20.9. The first-order chi connectivity index (χ1) is 12.9. The molecule has 5 nitrogen and oxygen atoms in total. The average Bonchev–Trinajstić information content (AvgIpc) is 2.59. The van der Waals surface area contributed by atoms with Crippen LogP contribution in [0.2, 0.25) is 0 Å². The van der Waals surface area contributed by atoms with E-state index in [1.807, 2.05) is 37.7 Å². The van der Waals surface area contributed by atoms with Crippen molar-refractivity contribution in [1.82, 2.24) is 4.58 Å². The summed E-state index contributed by atoms with van der Waals surface area (Å²) in [5, 5.41) is 1.13. The summed E-state index contributed by atoms with van der Waals surface area (Å²) in [7, 11) is 1.54. The Kier molecular flexibility index (Phi) is 5.05. The van der Waals surface area contributed by atoms with E-state index in [-0.39, 0.29) is 5.75 Å². The second-order valence-corrected chi connectivity index (χ2v) is 9.19. The third-order valence-corrected chi connectivity index (χ3v) is 6.22. The van der Waals surface area contributed by atoms with E-state index in [0.717, 1.165) is 11.0 Å². The van der Waals surface area contributed by atoms with Crippen LogP contribution in [0.5, 0.6) is 5.75 Å². The Morgan fingerprint density at radius 3 is 2.32 bits per heavy atom. The SMILES string of the molecule is CN(C)c1ccc2c(OS(=O)(=O)C(F)(F)F)c3ccc(=[N+](C)C)cc-3sc2c1. The zero-order valence-electron chi connectivity index (χ0n) is 15.5. The molecule has 0 bridgehead atoms. The van der Waals surface area contributed by atoms with Gasteiger partial charge in [-0.25, -0.2) is 4.58 Å². The number of nitrogens with zero attached hydrogens (tertiary/aromatic N) is 2. The molecule has 1 aromatic carbocycles. The second kappa shape index (κ2) is 6.93. The number of benzene rings is 2. The highest BCUT2D eigenvalue weighted by molar-refractivity contribution is 7.88. The maximum Gasteiger partial charge on any atom is 0.534 e. The molecule has 2 aliphatic rings. The Labute approximate surface area is 164 Å². The zero-order valence-corrected chi connectivity index (χ0v) is 17.2. The van der Waals surface area contributed by atoms with Gasteiger partial charge in [0.1, 0.15) is 14.1 Å². The first-order valence-electron chi connectivity index (χ1n) is 8.10. The lowest BCUT2D eigenvalue weighted by atomic mass is 10.1. The van der Waals surface area contributed by atoms with Gasteiger partial charge in [0.15, 0.2) is 5.75 Å². The van der Waals surface area contributed by atoms with Crippen LogP contribution in [0.3, 0.4) is 0 Å². The van der Waals surface area contributed by atoms with E-state index in [0.29, 0.717) is 20.5 Å². The minimum absolute atomic E-state index is 0.300. The van der Waals surface area contributed by atoms with Crippen LogP contribution in [0.4, 0.5) is 18.9 Å². The first-order valence-corrected chi connectivity index (χ1v) is 10.3. The number of anilines is 1. The van der Waals surface area contributed by atoms with Gasteiger partial charge in [-0.2, -0.15) is 21.6 Å². The Morgan fingerprint density at radius 1 is 1.07 bits per heavy atom. The van der Waals surface area contributed by atoms with Crippen molar-refractivity contribution in [1.29, 1.82) is 0 Å². The molecule has 0 saturated carbocycles. The summed E-state index contributed by atoms with van der Waals surface area (Å²) in [6, 6.07) is 10.1. The van der Waals surface area contributed by atoms with Crippen LogP contribution in [0.15, 0.2) is 36.4 Å². The van der Waals surface area contributed by atoms with Crippen LogP contribution in [-0.2, 0) is 10.1 Å². The number of hydrogen-bond acceptors (Lipinski definition) is 5. The van der Waals surface area contributed by atoms with Crippen molar-refractivity contribution in [2.45, 2.75) is 5.51 Å². The van der Waals surface area contributed by atoms with Crippen molar-refractivity contribution in [3.8, 4) is 16.2 Å². The lowest BCUT2D eigenvalue weighted by Crippen LogP contribution is -2.28. The maximum atomic E-state index is 12.9. The summed E-state index contributed by atoms with van der Waals surface area (Å²) in [6.07, 6.45) is 0. The molecule has 1 aliphatic carbocycles. The van der Waals surface area contributed by atoms with Crippen molar-refractivity contribution in [2.24, 2.45) is 0 Å². The minimum atomic E-state index is -5.80. The summed E-state index contributed by atoms with van der Waals surface area (Å²) >= 11 is 1.35. The highest BCUT2D eigenvalue weighted by atomic mass is 32.2. The summed E-state index contributed by atoms with van der Waals surface area (Å²) in [4.78, 5) is 2.46. The van der Waals surface area contributed by atoms with Crippen molar-refractivity contribution in [2.75, 3.05) is 33.1 Å². The topological polar surface area (TPSA) is 49.6 Å². The summed E-state index contributed by atoms with van der Waals surface area (Å²) in [5.74, 6) is -0.323. The van der Waals surface area contributed by atoms with E-state index in [1.165, 1.54) is 11.3 Å². The number of rotatable bonds is 3. The van der Waals surface area contributed by atoms with E-state index >= 15 is 0 Å². The summed E-state index contributed by atoms with van der Waals surface area (Å²) < 4.78 is 69.3. The van der Waals surface area contributed by atoms with Crippen molar-refractivity contribution in [3.05, 3.63) is 41.8 Å².